The molecule has 4 heteroatoms. The second kappa shape index (κ2) is 5.63. The molecule has 0 saturated carbocycles. The van der Waals surface area contributed by atoms with Crippen LogP contribution in [0.1, 0.15) is 45.2 Å². The maximum atomic E-state index is 12.6. The van der Waals surface area contributed by atoms with E-state index in [1.54, 1.807) is 7.11 Å². The number of rotatable bonds is 3. The van der Waals surface area contributed by atoms with Crippen LogP contribution in [-0.2, 0) is 11.0 Å². The molecule has 0 aromatic heterocycles. The molecule has 1 aromatic carbocycles. The minimum Gasteiger partial charge on any atom is -0.497 e. The lowest BCUT2D eigenvalue weighted by molar-refractivity contribution is 0.408. The van der Waals surface area contributed by atoms with Crippen LogP contribution in [0.15, 0.2) is 24.3 Å². The molecule has 1 aromatic rings. The van der Waals surface area contributed by atoms with Crippen molar-refractivity contribution in [2.75, 3.05) is 13.7 Å². The second-order valence-corrected chi connectivity index (χ2v) is 8.13. The summed E-state index contributed by atoms with van der Waals surface area (Å²) in [7, 11) is 0.724. The van der Waals surface area contributed by atoms with Gasteiger partial charge in [-0.15, -0.1) is 0 Å². The minimum absolute atomic E-state index is 0.199. The van der Waals surface area contributed by atoms with Gasteiger partial charge < -0.3 is 4.74 Å². The Hall–Kier alpha value is -0.870. The van der Waals surface area contributed by atoms with Crippen LogP contribution in [-0.4, -0.2) is 26.9 Å². The predicted octanol–water partition coefficient (Wildman–Crippen LogP) is 3.29. The van der Waals surface area contributed by atoms with E-state index in [4.69, 9.17) is 4.74 Å². The highest BCUT2D eigenvalue weighted by Crippen LogP contribution is 2.36. The zero-order valence-corrected chi connectivity index (χ0v) is 13.0. The van der Waals surface area contributed by atoms with Crippen molar-refractivity contribution >= 4 is 11.0 Å². The van der Waals surface area contributed by atoms with E-state index in [2.05, 4.69) is 16.4 Å². The first-order chi connectivity index (χ1) is 8.93. The number of ether oxygens (including phenoxy) is 1. The van der Waals surface area contributed by atoms with E-state index in [1.807, 2.05) is 32.9 Å². The molecule has 0 spiro atoms. The summed E-state index contributed by atoms with van der Waals surface area (Å²) in [4.78, 5) is 0. The van der Waals surface area contributed by atoms with E-state index < -0.39 is 11.0 Å². The lowest BCUT2D eigenvalue weighted by atomic mass is 10.1. The van der Waals surface area contributed by atoms with Crippen LogP contribution in [0.2, 0.25) is 0 Å². The molecule has 3 nitrogen and oxygen atoms in total. The van der Waals surface area contributed by atoms with Crippen LogP contribution < -0.4 is 4.74 Å². The molecule has 0 amide bonds. The van der Waals surface area contributed by atoms with Gasteiger partial charge >= 0.3 is 0 Å². The first kappa shape index (κ1) is 14.5. The highest BCUT2D eigenvalue weighted by molar-refractivity contribution is 7.84. The monoisotopic (exact) mass is 281 g/mol. The third-order valence-corrected chi connectivity index (χ3v) is 5.35. The van der Waals surface area contributed by atoms with Gasteiger partial charge in [0.15, 0.2) is 0 Å². The topological polar surface area (TPSA) is 29.5 Å². The van der Waals surface area contributed by atoms with E-state index in [0.29, 0.717) is 0 Å². The third-order valence-electron chi connectivity index (χ3n) is 3.44. The van der Waals surface area contributed by atoms with Crippen molar-refractivity contribution in [2.24, 2.45) is 0 Å². The van der Waals surface area contributed by atoms with Gasteiger partial charge in [-0.25, -0.2) is 8.51 Å². The third kappa shape index (κ3) is 3.18. The molecule has 0 N–H and O–H groups in total. The zero-order valence-electron chi connectivity index (χ0n) is 12.2. The van der Waals surface area contributed by atoms with Crippen molar-refractivity contribution in [3.63, 3.8) is 0 Å². The number of hydrogen-bond acceptors (Lipinski definition) is 2. The van der Waals surface area contributed by atoms with Gasteiger partial charge in [-0.05, 0) is 51.3 Å². The highest BCUT2D eigenvalue weighted by Gasteiger charge is 2.35. The Morgan fingerprint density at radius 1 is 1.26 bits per heavy atom. The van der Waals surface area contributed by atoms with Gasteiger partial charge in [0.1, 0.15) is 16.7 Å². The summed E-state index contributed by atoms with van der Waals surface area (Å²) in [5.41, 5.74) is 1.23. The average molecular weight is 281 g/mol. The Morgan fingerprint density at radius 3 is 2.42 bits per heavy atom. The van der Waals surface area contributed by atoms with Crippen LogP contribution in [0.3, 0.4) is 0 Å². The standard InChI is InChI=1S/C15H23NO2S/c1-15(2,3)19(17)16-11-5-6-14(16)12-7-9-13(18-4)10-8-12/h7-10,14H,5-6,11H2,1-4H3. The van der Waals surface area contributed by atoms with Gasteiger partial charge in [0.05, 0.1) is 11.9 Å². The molecule has 1 saturated heterocycles. The molecule has 0 bridgehead atoms. The number of methoxy groups -OCH3 is 1. The molecule has 19 heavy (non-hydrogen) atoms. The second-order valence-electron chi connectivity index (χ2n) is 5.93. The maximum Gasteiger partial charge on any atom is 0.118 e. The fourth-order valence-corrected chi connectivity index (χ4v) is 3.91. The Kier molecular flexibility index (Phi) is 4.31. The SMILES string of the molecule is COc1ccc(C2CCCN2S(=O)C(C)(C)C)cc1. The summed E-state index contributed by atoms with van der Waals surface area (Å²) in [6.07, 6.45) is 2.19. The lowest BCUT2D eigenvalue weighted by Gasteiger charge is -2.30. The van der Waals surface area contributed by atoms with Gasteiger partial charge in [0, 0.05) is 12.6 Å². The van der Waals surface area contributed by atoms with Crippen LogP contribution in [0.25, 0.3) is 0 Å². The molecule has 1 fully saturated rings. The Labute approximate surface area is 118 Å². The molecule has 2 unspecified atom stereocenters. The normalized spacial score (nSPS) is 22.4. The molecule has 0 aliphatic carbocycles. The smallest absolute Gasteiger partial charge is 0.118 e. The fourth-order valence-electron chi connectivity index (χ4n) is 2.45. The molecule has 0 radical (unpaired) electrons. The van der Waals surface area contributed by atoms with E-state index >= 15 is 0 Å². The number of nitrogens with zero attached hydrogens (tertiary/aromatic N) is 1. The van der Waals surface area contributed by atoms with Gasteiger partial charge in [-0.3, -0.25) is 0 Å². The number of benzene rings is 1. The van der Waals surface area contributed by atoms with Crippen LogP contribution >= 0.6 is 0 Å². The zero-order chi connectivity index (χ0) is 14.0. The molecule has 1 aliphatic heterocycles. The van der Waals surface area contributed by atoms with Crippen molar-refractivity contribution < 1.29 is 8.95 Å². The summed E-state index contributed by atoms with van der Waals surface area (Å²) in [5, 5.41) is 0. The van der Waals surface area contributed by atoms with Gasteiger partial charge in [0.25, 0.3) is 0 Å². The number of hydrogen-bond donors (Lipinski definition) is 0. The summed E-state index contributed by atoms with van der Waals surface area (Å²) in [5.74, 6) is 0.866. The summed E-state index contributed by atoms with van der Waals surface area (Å²) < 4.78 is 19.7. The van der Waals surface area contributed by atoms with Crippen molar-refractivity contribution in [2.45, 2.75) is 44.4 Å². The summed E-state index contributed by atoms with van der Waals surface area (Å²) in [6.45, 7) is 7.02. The fraction of sp³-hybridized carbons (Fsp3) is 0.600. The minimum atomic E-state index is -0.948. The Morgan fingerprint density at radius 2 is 1.89 bits per heavy atom. The van der Waals surface area contributed by atoms with E-state index in [0.717, 1.165) is 25.1 Å². The quantitative estimate of drug-likeness (QED) is 0.851. The first-order valence-corrected chi connectivity index (χ1v) is 7.87. The first-order valence-electron chi connectivity index (χ1n) is 6.76. The van der Waals surface area contributed by atoms with E-state index in [9.17, 15) is 4.21 Å². The predicted molar refractivity (Wildman–Crippen MR) is 79.6 cm³/mol. The molecule has 1 aliphatic rings. The summed E-state index contributed by atoms with van der Waals surface area (Å²) in [6, 6.07) is 8.40. The molecular formula is C15H23NO2S. The van der Waals surface area contributed by atoms with Crippen LogP contribution in [0.5, 0.6) is 5.75 Å². The molecule has 2 atom stereocenters. The van der Waals surface area contributed by atoms with Gasteiger partial charge in [0.2, 0.25) is 0 Å². The van der Waals surface area contributed by atoms with Crippen LogP contribution in [0.4, 0.5) is 0 Å². The molecular weight excluding hydrogens is 258 g/mol. The maximum absolute atomic E-state index is 12.6. The molecule has 1 heterocycles. The van der Waals surface area contributed by atoms with E-state index in [-0.39, 0.29) is 10.8 Å². The van der Waals surface area contributed by atoms with Crippen molar-refractivity contribution in [3.8, 4) is 5.75 Å². The van der Waals surface area contributed by atoms with Gasteiger partial charge in [-0.2, -0.15) is 0 Å². The lowest BCUT2D eigenvalue weighted by Crippen LogP contribution is -2.37. The highest BCUT2D eigenvalue weighted by atomic mass is 32.2. The van der Waals surface area contributed by atoms with Crippen molar-refractivity contribution in [1.29, 1.82) is 0 Å². The molecule has 106 valence electrons. The Balaban J connectivity index is 2.20. The van der Waals surface area contributed by atoms with Crippen molar-refractivity contribution in [1.82, 2.24) is 4.31 Å². The Bertz CT molecular complexity index is 450. The van der Waals surface area contributed by atoms with Crippen LogP contribution in [0, 0.1) is 0 Å². The van der Waals surface area contributed by atoms with Crippen molar-refractivity contribution in [3.05, 3.63) is 29.8 Å². The largest absolute Gasteiger partial charge is 0.497 e. The van der Waals surface area contributed by atoms with Gasteiger partial charge in [-0.1, -0.05) is 12.1 Å². The van der Waals surface area contributed by atoms with E-state index in [1.165, 1.54) is 5.56 Å². The summed E-state index contributed by atoms with van der Waals surface area (Å²) >= 11 is 0. The molecule has 2 rings (SSSR count). The average Bonchev–Trinajstić information content (AvgIpc) is 2.85.